The molecular weight excluding hydrogens is 794 g/mol. The molecule has 4 heterocycles. The van der Waals surface area contributed by atoms with Crippen molar-refractivity contribution in [2.45, 2.75) is 75.2 Å². The minimum Gasteiger partial charge on any atom is -0.489 e. The molecule has 2 N–H and O–H groups in total. The number of rotatable bonds is 10. The van der Waals surface area contributed by atoms with Gasteiger partial charge in [-0.2, -0.15) is 0 Å². The Labute approximate surface area is 368 Å². The van der Waals surface area contributed by atoms with Crippen LogP contribution in [-0.2, 0) is 29.2 Å². The van der Waals surface area contributed by atoms with Crippen molar-refractivity contribution in [3.63, 3.8) is 0 Å². The van der Waals surface area contributed by atoms with E-state index in [-0.39, 0.29) is 35.9 Å². The average Bonchev–Trinajstić information content (AvgIpc) is 3.63. The number of hydrogen-bond donors (Lipinski definition) is 2. The number of hydrogen-bond acceptors (Lipinski definition) is 8. The number of β-amino-alcohol motifs (C(OH)–C–C–N with tert-alkyl or cyclic N) is 1. The van der Waals surface area contributed by atoms with Crippen molar-refractivity contribution in [1.82, 2.24) is 15.1 Å². The zero-order chi connectivity index (χ0) is 43.1. The predicted molar refractivity (Wildman–Crippen MR) is 240 cm³/mol. The van der Waals surface area contributed by atoms with E-state index in [1.54, 1.807) is 17.0 Å². The molecule has 3 fully saturated rings. The molecule has 3 atom stereocenters. The summed E-state index contributed by atoms with van der Waals surface area (Å²) < 4.78 is 20.3. The molecule has 0 saturated carbocycles. The first-order chi connectivity index (χ1) is 30.7. The Morgan fingerprint density at radius 1 is 0.714 bits per heavy atom. The van der Waals surface area contributed by atoms with Crippen molar-refractivity contribution < 1.29 is 28.6 Å². The summed E-state index contributed by atoms with van der Waals surface area (Å²) in [5, 5.41) is 14.2. The highest BCUT2D eigenvalue weighted by atomic mass is 19.1. The lowest BCUT2D eigenvalue weighted by Gasteiger charge is -2.44. The fraction of sp³-hybridized carbons (Fsp3) is 0.365. The van der Waals surface area contributed by atoms with Crippen molar-refractivity contribution in [1.29, 1.82) is 0 Å². The number of nitrogens with one attached hydrogen (secondary N) is 1. The number of carbonyl (C=O) groups excluding carboxylic acids is 3. The number of ether oxygens (including phenoxy) is 1. The highest BCUT2D eigenvalue weighted by Gasteiger charge is 2.40. The molecule has 0 bridgehead atoms. The SMILES string of the molecule is O=C1CCC(N2Cc3cc(N4CCN(CC5(O)CCN(c6ccc([C@@H]7c8ccc(OCc9ccccc9)cc8CCC7c7ccc(F)cc7)cc6)CC5)CC4)ccc3C2=O)C(=O)N1. The minimum atomic E-state index is -0.760. The van der Waals surface area contributed by atoms with E-state index in [1.807, 2.05) is 42.5 Å². The van der Waals surface area contributed by atoms with Crippen LogP contribution in [0.25, 0.3) is 0 Å². The number of piperazine rings is 1. The standard InChI is InChI=1S/C52H54FN5O5/c53-40-11-6-36(7-12-40)44-17-10-38-31-43(63-33-35-4-2-1-3-5-35)16-19-45(38)49(44)37-8-13-41(14-9-37)56-24-22-52(62,23-25-56)34-55-26-28-57(29-27-55)42-15-18-46-39(30-42)32-58(51(46)61)47-20-21-48(59)54-50(47)60/h1-9,11-16,18-19,30-31,44,47,49,62H,10,17,20-29,32-34H2,(H,54,59,60)/t44?,47?,49-/m0/s1. The van der Waals surface area contributed by atoms with Gasteiger partial charge in [0.1, 0.15) is 24.2 Å². The van der Waals surface area contributed by atoms with Crippen LogP contribution in [0, 0.1) is 5.82 Å². The molecule has 11 heteroatoms. The number of benzene rings is 5. The van der Waals surface area contributed by atoms with Crippen LogP contribution in [0.5, 0.6) is 5.75 Å². The summed E-state index contributed by atoms with van der Waals surface area (Å²) in [5.41, 5.74) is 9.10. The number of aliphatic hydroxyl groups is 1. The molecule has 0 radical (unpaired) electrons. The highest BCUT2D eigenvalue weighted by Crippen LogP contribution is 2.47. The molecule has 63 heavy (non-hydrogen) atoms. The second-order valence-corrected chi connectivity index (χ2v) is 18.1. The third-order valence-corrected chi connectivity index (χ3v) is 14.2. The van der Waals surface area contributed by atoms with E-state index < -0.39 is 17.6 Å². The van der Waals surface area contributed by atoms with Crippen LogP contribution < -0.4 is 19.9 Å². The number of anilines is 2. The third-order valence-electron chi connectivity index (χ3n) is 14.2. The van der Waals surface area contributed by atoms with Gasteiger partial charge < -0.3 is 24.5 Å². The fourth-order valence-electron chi connectivity index (χ4n) is 10.7. The zero-order valence-corrected chi connectivity index (χ0v) is 35.6. The third kappa shape index (κ3) is 8.56. The summed E-state index contributed by atoms with van der Waals surface area (Å²) in [7, 11) is 0. The van der Waals surface area contributed by atoms with Gasteiger partial charge in [0, 0.05) is 81.6 Å². The van der Waals surface area contributed by atoms with Gasteiger partial charge in [-0.05, 0) is 126 Å². The monoisotopic (exact) mass is 847 g/mol. The first-order valence-corrected chi connectivity index (χ1v) is 22.5. The normalized spacial score (nSPS) is 22.4. The lowest BCUT2D eigenvalue weighted by molar-refractivity contribution is -0.136. The van der Waals surface area contributed by atoms with E-state index in [0.717, 1.165) is 85.9 Å². The number of aryl methyl sites for hydroxylation is 1. The van der Waals surface area contributed by atoms with Gasteiger partial charge in [-0.15, -0.1) is 0 Å². The Hall–Kier alpha value is -6.04. The summed E-state index contributed by atoms with van der Waals surface area (Å²) in [6.45, 7) is 6.36. The maximum absolute atomic E-state index is 14.1. The molecule has 5 aromatic carbocycles. The van der Waals surface area contributed by atoms with E-state index in [1.165, 1.54) is 16.7 Å². The summed E-state index contributed by atoms with van der Waals surface area (Å²) in [6, 6.07) is 38.1. The number of piperidine rings is 2. The van der Waals surface area contributed by atoms with Gasteiger partial charge in [0.05, 0.1) is 5.60 Å². The van der Waals surface area contributed by atoms with E-state index in [9.17, 15) is 23.9 Å². The van der Waals surface area contributed by atoms with Gasteiger partial charge in [0.15, 0.2) is 0 Å². The van der Waals surface area contributed by atoms with Crippen molar-refractivity contribution in [2.24, 2.45) is 0 Å². The quantitative estimate of drug-likeness (QED) is 0.143. The van der Waals surface area contributed by atoms with Crippen LogP contribution in [0.3, 0.4) is 0 Å². The Balaban J connectivity index is 0.755. The van der Waals surface area contributed by atoms with Crippen molar-refractivity contribution >= 4 is 29.1 Å². The Bertz CT molecular complexity index is 2480. The molecule has 5 aliphatic rings. The molecule has 3 amide bonds. The zero-order valence-electron chi connectivity index (χ0n) is 35.6. The molecule has 10 rings (SSSR count). The largest absolute Gasteiger partial charge is 0.489 e. The molecule has 0 aromatic heterocycles. The minimum absolute atomic E-state index is 0.116. The van der Waals surface area contributed by atoms with Gasteiger partial charge in [0.2, 0.25) is 11.8 Å². The number of amides is 3. The first-order valence-electron chi connectivity index (χ1n) is 22.5. The van der Waals surface area contributed by atoms with Crippen molar-refractivity contribution in [3.8, 4) is 5.75 Å². The summed E-state index contributed by atoms with van der Waals surface area (Å²) in [6.07, 6.45) is 3.84. The predicted octanol–water partition coefficient (Wildman–Crippen LogP) is 7.18. The van der Waals surface area contributed by atoms with Crippen LogP contribution in [0.15, 0.2) is 115 Å². The van der Waals surface area contributed by atoms with E-state index >= 15 is 0 Å². The van der Waals surface area contributed by atoms with Crippen LogP contribution >= 0.6 is 0 Å². The van der Waals surface area contributed by atoms with E-state index in [2.05, 4.69) is 80.7 Å². The van der Waals surface area contributed by atoms with Gasteiger partial charge in [0.25, 0.3) is 5.91 Å². The summed E-state index contributed by atoms with van der Waals surface area (Å²) >= 11 is 0. The Morgan fingerprint density at radius 3 is 2.17 bits per heavy atom. The molecule has 2 unspecified atom stereocenters. The van der Waals surface area contributed by atoms with Crippen LogP contribution in [0.1, 0.15) is 87.7 Å². The number of halogens is 1. The molecule has 1 aliphatic carbocycles. The number of fused-ring (bicyclic) bond motifs is 2. The van der Waals surface area contributed by atoms with Crippen LogP contribution in [0.4, 0.5) is 15.8 Å². The van der Waals surface area contributed by atoms with Crippen LogP contribution in [0.2, 0.25) is 0 Å². The van der Waals surface area contributed by atoms with Crippen molar-refractivity contribution in [3.05, 3.63) is 160 Å². The first kappa shape index (κ1) is 41.0. The lowest BCUT2D eigenvalue weighted by Crippen LogP contribution is -2.55. The smallest absolute Gasteiger partial charge is 0.255 e. The molecule has 3 saturated heterocycles. The molecule has 324 valence electrons. The molecule has 10 nitrogen and oxygen atoms in total. The second-order valence-electron chi connectivity index (χ2n) is 18.1. The van der Waals surface area contributed by atoms with Gasteiger partial charge in [-0.25, -0.2) is 4.39 Å². The summed E-state index contributed by atoms with van der Waals surface area (Å²) in [4.78, 5) is 46.1. The lowest BCUT2D eigenvalue weighted by atomic mass is 9.69. The molecular formula is C52H54FN5O5. The Morgan fingerprint density at radius 2 is 1.43 bits per heavy atom. The van der Waals surface area contributed by atoms with Crippen LogP contribution in [-0.4, -0.2) is 90.1 Å². The maximum atomic E-state index is 14.1. The fourth-order valence-corrected chi connectivity index (χ4v) is 10.7. The van der Waals surface area contributed by atoms with Gasteiger partial charge >= 0.3 is 0 Å². The highest BCUT2D eigenvalue weighted by molar-refractivity contribution is 6.05. The molecule has 0 spiro atoms. The van der Waals surface area contributed by atoms with E-state index in [0.29, 0.717) is 44.5 Å². The molecule has 5 aromatic rings. The van der Waals surface area contributed by atoms with Crippen molar-refractivity contribution in [2.75, 3.05) is 55.6 Å². The molecule has 4 aliphatic heterocycles. The van der Waals surface area contributed by atoms with Gasteiger partial charge in [-0.3, -0.25) is 24.6 Å². The number of nitrogens with zero attached hydrogens (tertiary/aromatic N) is 4. The second kappa shape index (κ2) is 17.3. The average molecular weight is 848 g/mol. The summed E-state index contributed by atoms with van der Waals surface area (Å²) in [5.74, 6) is 0.136. The number of imide groups is 1. The number of carbonyl (C=O) groups is 3. The Kier molecular flexibility index (Phi) is 11.2. The topological polar surface area (TPSA) is 106 Å². The van der Waals surface area contributed by atoms with Gasteiger partial charge in [-0.1, -0.05) is 60.7 Å². The van der Waals surface area contributed by atoms with E-state index in [4.69, 9.17) is 4.74 Å². The maximum Gasteiger partial charge on any atom is 0.255 e.